The molecular formula is C26H25F2N3O7S. The number of aromatic nitrogens is 3. The number of nitrogens with zero attached hydrogens (tertiary/aromatic N) is 3. The fourth-order valence-electron chi connectivity index (χ4n) is 4.03. The second-order valence-electron chi connectivity index (χ2n) is 8.38. The molecule has 0 saturated heterocycles. The van der Waals surface area contributed by atoms with Gasteiger partial charge >= 0.3 is 12.6 Å². The van der Waals surface area contributed by atoms with E-state index in [1.807, 2.05) is 0 Å². The number of pyridine rings is 1. The lowest BCUT2D eigenvalue weighted by Gasteiger charge is -2.18. The molecule has 0 bridgehead atoms. The van der Waals surface area contributed by atoms with Crippen molar-refractivity contribution in [3.63, 3.8) is 0 Å². The highest BCUT2D eigenvalue weighted by atomic mass is 32.2. The van der Waals surface area contributed by atoms with Crippen LogP contribution in [0.15, 0.2) is 42.7 Å². The zero-order valence-electron chi connectivity index (χ0n) is 21.2. The van der Waals surface area contributed by atoms with E-state index in [1.165, 1.54) is 25.1 Å². The summed E-state index contributed by atoms with van der Waals surface area (Å²) in [5, 5.41) is 22.0. The Kier molecular flexibility index (Phi) is 8.41. The molecule has 3 heterocycles. The van der Waals surface area contributed by atoms with Crippen LogP contribution in [0.1, 0.15) is 53.2 Å². The van der Waals surface area contributed by atoms with Crippen molar-refractivity contribution in [2.45, 2.75) is 52.5 Å². The fourth-order valence-corrected chi connectivity index (χ4v) is 5.89. The maximum Gasteiger partial charge on any atom is 0.387 e. The first kappa shape index (κ1) is 27.9. The summed E-state index contributed by atoms with van der Waals surface area (Å²) >= 11 is 0. The number of carbonyl (C=O) groups excluding carboxylic acids is 2. The topological polar surface area (TPSA) is 135 Å². The average Bonchev–Trinajstić information content (AvgIpc) is 3.47. The van der Waals surface area contributed by atoms with Crippen LogP contribution in [-0.4, -0.2) is 38.0 Å². The zero-order chi connectivity index (χ0) is 28.3. The van der Waals surface area contributed by atoms with Gasteiger partial charge in [0, 0.05) is 34.7 Å². The maximum atomic E-state index is 13.0. The number of esters is 1. The second kappa shape index (κ2) is 11.7. The first-order valence-corrected chi connectivity index (χ1v) is 13.2. The van der Waals surface area contributed by atoms with Crippen molar-refractivity contribution < 1.29 is 42.8 Å². The van der Waals surface area contributed by atoms with E-state index in [1.54, 1.807) is 42.8 Å². The summed E-state index contributed by atoms with van der Waals surface area (Å²) in [6.07, 6.45) is 2.33. The number of carbonyl (C=O) groups is 2. The van der Waals surface area contributed by atoms with Crippen LogP contribution in [0, 0.1) is 0 Å². The molecule has 0 aliphatic rings. The minimum atomic E-state index is -3.12. The lowest BCUT2D eigenvalue weighted by molar-refractivity contribution is -0.254. The first-order chi connectivity index (χ1) is 18.6. The molecule has 0 fully saturated rings. The van der Waals surface area contributed by atoms with Gasteiger partial charge in [-0.25, -0.2) is 4.98 Å². The quantitative estimate of drug-likeness (QED) is 0.214. The smallest absolute Gasteiger partial charge is 0.387 e. The van der Waals surface area contributed by atoms with E-state index in [0.29, 0.717) is 33.2 Å². The molecule has 0 radical (unpaired) electrons. The van der Waals surface area contributed by atoms with Crippen LogP contribution in [0.2, 0.25) is 0 Å². The third-order valence-corrected chi connectivity index (χ3v) is 7.96. The number of benzene rings is 1. The predicted octanol–water partition coefficient (Wildman–Crippen LogP) is 3.83. The van der Waals surface area contributed by atoms with Gasteiger partial charge in [0.05, 0.1) is 12.8 Å². The normalized spacial score (nSPS) is 12.5. The van der Waals surface area contributed by atoms with Crippen LogP contribution in [-0.2, 0) is 28.5 Å². The molecule has 0 amide bonds. The molecule has 1 unspecified atom stereocenters. The third-order valence-electron chi connectivity index (χ3n) is 5.78. The molecule has 0 spiro atoms. The summed E-state index contributed by atoms with van der Waals surface area (Å²) in [6, 6.07) is 7.73. The Morgan fingerprint density at radius 3 is 2.56 bits per heavy atom. The van der Waals surface area contributed by atoms with Crippen molar-refractivity contribution >= 4 is 28.1 Å². The van der Waals surface area contributed by atoms with E-state index in [0.717, 1.165) is 0 Å². The summed E-state index contributed by atoms with van der Waals surface area (Å²) in [5.74, 6) is -1.94. The van der Waals surface area contributed by atoms with Gasteiger partial charge in [0.2, 0.25) is 0 Å². The van der Waals surface area contributed by atoms with Gasteiger partial charge in [-0.3, -0.25) is 9.20 Å². The summed E-state index contributed by atoms with van der Waals surface area (Å²) in [7, 11) is -1.05. The molecule has 2 atom stereocenters. The molecule has 0 saturated carbocycles. The number of carboxylic acids is 1. The molecule has 1 N–H and O–H groups in total. The van der Waals surface area contributed by atoms with Crippen molar-refractivity contribution in [1.82, 2.24) is 14.4 Å². The SMILES string of the molecule is CC[s+]1c(-c2cnc3ccc(COC(C)=O)cn23)nc(O[C@H](C)c2ccc(CO)cc2OC(F)F)c1C(=O)[O-]. The zero-order valence-corrected chi connectivity index (χ0v) is 22.0. The number of hydrogen-bond donors (Lipinski definition) is 1. The summed E-state index contributed by atoms with van der Waals surface area (Å²) in [6.45, 7) is 1.18. The number of imidazole rings is 1. The van der Waals surface area contributed by atoms with Gasteiger partial charge in [-0.05, 0) is 31.5 Å². The summed E-state index contributed by atoms with van der Waals surface area (Å²) in [4.78, 5) is 32.2. The van der Waals surface area contributed by atoms with E-state index >= 15 is 0 Å². The van der Waals surface area contributed by atoms with Crippen molar-refractivity contribution in [2.24, 2.45) is 0 Å². The highest BCUT2D eigenvalue weighted by Gasteiger charge is 2.34. The van der Waals surface area contributed by atoms with Crippen LogP contribution in [0.25, 0.3) is 16.3 Å². The van der Waals surface area contributed by atoms with Crippen LogP contribution in [0.5, 0.6) is 11.6 Å². The number of halogens is 2. The standard InChI is InChI=1S/C26H25F2N3O7S/c1-4-39-22(25(34)35)23(37-14(2)18-7-5-16(12-32)9-20(18)38-26(27)28)30-24(39)19-10-29-21-8-6-17(11-31(19)21)13-36-15(3)33/h5-11,14,26,32H,4,12-13H2,1-3H3/t14-,39?/m1/s1. The molecular weight excluding hydrogens is 536 g/mol. The number of hydrogen-bond acceptors (Lipinski definition) is 9. The number of aliphatic hydroxyl groups excluding tert-OH is 1. The number of thiazole rings is 1. The highest BCUT2D eigenvalue weighted by molar-refractivity contribution is 7.35. The van der Waals surface area contributed by atoms with Crippen molar-refractivity contribution in [3.8, 4) is 22.3 Å². The Bertz CT molecular complexity index is 1520. The van der Waals surface area contributed by atoms with Gasteiger partial charge in [-0.1, -0.05) is 18.2 Å². The minimum absolute atomic E-state index is 0.0430. The van der Waals surface area contributed by atoms with Gasteiger partial charge in [0.1, 0.15) is 41.5 Å². The summed E-state index contributed by atoms with van der Waals surface area (Å²) < 4.78 is 43.4. The van der Waals surface area contributed by atoms with Crippen LogP contribution >= 0.6 is 10.5 Å². The molecule has 13 heteroatoms. The number of ether oxygens (including phenoxy) is 3. The van der Waals surface area contributed by atoms with Crippen LogP contribution < -0.4 is 14.6 Å². The predicted molar refractivity (Wildman–Crippen MR) is 134 cm³/mol. The fraction of sp³-hybridized carbons (Fsp3) is 0.308. The lowest BCUT2D eigenvalue weighted by Crippen LogP contribution is -2.23. The van der Waals surface area contributed by atoms with Gasteiger partial charge in [-0.2, -0.15) is 13.8 Å². The Morgan fingerprint density at radius 1 is 1.18 bits per heavy atom. The molecule has 0 aliphatic heterocycles. The molecule has 206 valence electrons. The highest BCUT2D eigenvalue weighted by Crippen LogP contribution is 2.44. The number of fused-ring (bicyclic) bond motifs is 1. The van der Waals surface area contributed by atoms with E-state index in [2.05, 4.69) is 14.7 Å². The van der Waals surface area contributed by atoms with Crippen molar-refractivity contribution in [1.29, 1.82) is 0 Å². The van der Waals surface area contributed by atoms with E-state index in [-0.39, 0.29) is 35.3 Å². The van der Waals surface area contributed by atoms with Crippen LogP contribution in [0.3, 0.4) is 0 Å². The average molecular weight is 562 g/mol. The van der Waals surface area contributed by atoms with Gasteiger partial charge in [0.15, 0.2) is 0 Å². The van der Waals surface area contributed by atoms with E-state index < -0.39 is 35.1 Å². The molecule has 3 aromatic heterocycles. The summed E-state index contributed by atoms with van der Waals surface area (Å²) in [5.41, 5.74) is 2.32. The number of aliphatic hydroxyl groups is 1. The van der Waals surface area contributed by atoms with Gasteiger partial charge < -0.3 is 29.2 Å². The van der Waals surface area contributed by atoms with Crippen molar-refractivity contribution in [3.05, 3.63) is 64.3 Å². The first-order valence-electron chi connectivity index (χ1n) is 11.8. The van der Waals surface area contributed by atoms with E-state index in [9.17, 15) is 28.6 Å². The third kappa shape index (κ3) is 5.99. The Labute approximate surface area is 224 Å². The molecule has 39 heavy (non-hydrogen) atoms. The monoisotopic (exact) mass is 561 g/mol. The molecule has 4 rings (SSSR count). The number of rotatable bonds is 11. The molecule has 10 nitrogen and oxygen atoms in total. The largest absolute Gasteiger partial charge is 0.540 e. The van der Waals surface area contributed by atoms with Crippen LogP contribution in [0.4, 0.5) is 8.78 Å². The minimum Gasteiger partial charge on any atom is -0.540 e. The Hall–Kier alpha value is -4.10. The Morgan fingerprint density at radius 2 is 1.92 bits per heavy atom. The molecule has 1 aromatic carbocycles. The van der Waals surface area contributed by atoms with E-state index in [4.69, 9.17) is 9.47 Å². The lowest BCUT2D eigenvalue weighted by atomic mass is 10.1. The van der Waals surface area contributed by atoms with Gasteiger partial charge in [0.25, 0.3) is 15.8 Å². The number of aromatic carboxylic acids is 1. The number of carboxylic acid groups (broad SMARTS) is 1. The molecule has 0 aliphatic carbocycles. The second-order valence-corrected chi connectivity index (χ2v) is 10.5. The van der Waals surface area contributed by atoms with Gasteiger partial charge in [-0.15, -0.1) is 0 Å². The van der Waals surface area contributed by atoms with Crippen molar-refractivity contribution in [2.75, 3.05) is 0 Å². The Balaban J connectivity index is 1.77. The molecule has 4 aromatic rings. The number of alkyl halides is 2. The maximum absolute atomic E-state index is 13.0.